The Morgan fingerprint density at radius 1 is 1.04 bits per heavy atom. The van der Waals surface area contributed by atoms with Gasteiger partial charge in [0.1, 0.15) is 5.75 Å². The second-order valence-corrected chi connectivity index (χ2v) is 9.86. The lowest BCUT2D eigenvalue weighted by molar-refractivity contribution is -0.118. The quantitative estimate of drug-likeness (QED) is 0.567. The van der Waals surface area contributed by atoms with Gasteiger partial charge < -0.3 is 10.1 Å². The Kier molecular flexibility index (Phi) is 6.74. The smallest absolute Gasteiger partial charge is 0.262 e. The van der Waals surface area contributed by atoms with Gasteiger partial charge in [-0.15, -0.1) is 0 Å². The molecule has 0 aliphatic heterocycles. The van der Waals surface area contributed by atoms with E-state index in [0.29, 0.717) is 5.75 Å². The summed E-state index contributed by atoms with van der Waals surface area (Å²) in [4.78, 5) is 12.2. The molecule has 27 heavy (non-hydrogen) atoms. The van der Waals surface area contributed by atoms with Crippen molar-refractivity contribution < 1.29 is 9.53 Å². The van der Waals surface area contributed by atoms with E-state index in [1.807, 2.05) is 37.3 Å². The van der Waals surface area contributed by atoms with E-state index in [-0.39, 0.29) is 23.3 Å². The minimum Gasteiger partial charge on any atom is -0.484 e. The number of rotatable bonds is 6. The van der Waals surface area contributed by atoms with Gasteiger partial charge in [0.15, 0.2) is 6.61 Å². The number of halogens is 1. The van der Waals surface area contributed by atoms with E-state index in [9.17, 15) is 4.79 Å². The van der Waals surface area contributed by atoms with E-state index in [1.54, 1.807) is 0 Å². The third-order valence-corrected chi connectivity index (χ3v) is 4.93. The van der Waals surface area contributed by atoms with Crippen LogP contribution >= 0.6 is 15.9 Å². The summed E-state index contributed by atoms with van der Waals surface area (Å²) in [6.07, 6.45) is 1.09. The number of carbonyl (C=O) groups is 1. The number of benzene rings is 2. The van der Waals surface area contributed by atoms with Gasteiger partial charge in [-0.25, -0.2) is 0 Å². The lowest BCUT2D eigenvalue weighted by Crippen LogP contribution is -2.24. The molecule has 0 bridgehead atoms. The number of nitrogens with one attached hydrogen (secondary N) is 1. The molecule has 146 valence electrons. The summed E-state index contributed by atoms with van der Waals surface area (Å²) in [7, 11) is 0. The van der Waals surface area contributed by atoms with Crippen LogP contribution < -0.4 is 10.1 Å². The molecular weight excluding hydrogens is 402 g/mol. The van der Waals surface area contributed by atoms with Gasteiger partial charge in [0.05, 0.1) is 0 Å². The van der Waals surface area contributed by atoms with Crippen LogP contribution in [0.4, 0.5) is 5.69 Å². The van der Waals surface area contributed by atoms with Gasteiger partial charge in [0, 0.05) is 10.2 Å². The van der Waals surface area contributed by atoms with Gasteiger partial charge in [0.2, 0.25) is 0 Å². The van der Waals surface area contributed by atoms with Gasteiger partial charge in [-0.1, -0.05) is 62.7 Å². The van der Waals surface area contributed by atoms with E-state index >= 15 is 0 Å². The number of amides is 1. The number of carbonyl (C=O) groups excluding carboxylic acids is 1. The zero-order valence-electron chi connectivity index (χ0n) is 17.2. The van der Waals surface area contributed by atoms with Crippen LogP contribution in [0, 0.1) is 12.3 Å². The van der Waals surface area contributed by atoms with Crippen LogP contribution in [0.3, 0.4) is 0 Å². The fraction of sp³-hybridized carbons (Fsp3) is 0.435. The van der Waals surface area contributed by atoms with Crippen LogP contribution in [-0.2, 0) is 10.2 Å². The monoisotopic (exact) mass is 431 g/mol. The third kappa shape index (κ3) is 6.69. The minimum atomic E-state index is -0.169. The molecule has 0 saturated heterocycles. The van der Waals surface area contributed by atoms with Crippen molar-refractivity contribution >= 4 is 27.5 Å². The van der Waals surface area contributed by atoms with Gasteiger partial charge in [-0.3, -0.25) is 4.79 Å². The number of hydrogen-bond donors (Lipinski definition) is 1. The number of hydrogen-bond acceptors (Lipinski definition) is 2. The summed E-state index contributed by atoms with van der Waals surface area (Å²) in [6, 6.07) is 13.8. The summed E-state index contributed by atoms with van der Waals surface area (Å²) in [5.74, 6) is 0.533. The van der Waals surface area contributed by atoms with Gasteiger partial charge in [-0.2, -0.15) is 0 Å². The second kappa shape index (κ2) is 8.47. The predicted octanol–water partition coefficient (Wildman–Crippen LogP) is 6.49. The van der Waals surface area contributed by atoms with E-state index in [1.165, 1.54) is 5.56 Å². The van der Waals surface area contributed by atoms with Crippen LogP contribution in [0.1, 0.15) is 52.2 Å². The molecule has 1 N–H and O–H groups in total. The number of anilines is 1. The molecule has 0 aliphatic rings. The van der Waals surface area contributed by atoms with Crippen LogP contribution in [0.5, 0.6) is 5.75 Å². The summed E-state index contributed by atoms with van der Waals surface area (Å²) in [5.41, 5.74) is 3.43. The SMILES string of the molecule is Cc1cc(Br)ccc1NC(=O)COc1ccc(C(C)(C)CC(C)(C)C)cc1. The van der Waals surface area contributed by atoms with Crippen molar-refractivity contribution in [1.82, 2.24) is 0 Å². The minimum absolute atomic E-state index is 0.0137. The van der Waals surface area contributed by atoms with Crippen LogP contribution in [0.2, 0.25) is 0 Å². The molecule has 2 rings (SSSR count). The van der Waals surface area contributed by atoms with Crippen molar-refractivity contribution in [2.24, 2.45) is 5.41 Å². The maximum Gasteiger partial charge on any atom is 0.262 e. The highest BCUT2D eigenvalue weighted by Crippen LogP contribution is 2.36. The van der Waals surface area contributed by atoms with Crippen molar-refractivity contribution in [3.8, 4) is 5.75 Å². The fourth-order valence-corrected chi connectivity index (χ4v) is 4.01. The van der Waals surface area contributed by atoms with Gasteiger partial charge in [-0.05, 0) is 65.6 Å². The van der Waals surface area contributed by atoms with Crippen molar-refractivity contribution in [2.75, 3.05) is 11.9 Å². The number of aryl methyl sites for hydroxylation is 1. The molecule has 0 radical (unpaired) electrons. The topological polar surface area (TPSA) is 38.3 Å². The Hall–Kier alpha value is -1.81. The summed E-state index contributed by atoms with van der Waals surface area (Å²) in [5, 5.41) is 2.88. The maximum absolute atomic E-state index is 12.2. The summed E-state index contributed by atoms with van der Waals surface area (Å²) < 4.78 is 6.64. The second-order valence-electron chi connectivity index (χ2n) is 8.94. The fourth-order valence-electron chi connectivity index (χ4n) is 3.53. The lowest BCUT2D eigenvalue weighted by atomic mass is 9.72. The maximum atomic E-state index is 12.2. The molecule has 0 spiro atoms. The largest absolute Gasteiger partial charge is 0.484 e. The molecule has 0 saturated carbocycles. The summed E-state index contributed by atoms with van der Waals surface area (Å²) in [6.45, 7) is 13.3. The molecule has 0 atom stereocenters. The zero-order valence-corrected chi connectivity index (χ0v) is 18.7. The average Bonchev–Trinajstić information content (AvgIpc) is 2.54. The zero-order chi connectivity index (χ0) is 20.2. The highest BCUT2D eigenvalue weighted by Gasteiger charge is 2.27. The average molecular weight is 432 g/mol. The van der Waals surface area contributed by atoms with E-state index in [4.69, 9.17) is 4.74 Å². The Bertz CT molecular complexity index is 789. The number of ether oxygens (including phenoxy) is 1. The first-order valence-electron chi connectivity index (χ1n) is 9.26. The lowest BCUT2D eigenvalue weighted by Gasteiger charge is -2.33. The molecule has 3 nitrogen and oxygen atoms in total. The van der Waals surface area contributed by atoms with Crippen molar-refractivity contribution in [3.63, 3.8) is 0 Å². The Morgan fingerprint density at radius 3 is 2.22 bits per heavy atom. The third-order valence-electron chi connectivity index (χ3n) is 4.44. The molecule has 0 heterocycles. The van der Waals surface area contributed by atoms with Gasteiger partial charge in [0.25, 0.3) is 5.91 Å². The van der Waals surface area contributed by atoms with Crippen LogP contribution in [-0.4, -0.2) is 12.5 Å². The first kappa shape index (κ1) is 21.5. The first-order chi connectivity index (χ1) is 12.5. The molecule has 0 fully saturated rings. The van der Waals surface area contributed by atoms with E-state index < -0.39 is 0 Å². The summed E-state index contributed by atoms with van der Waals surface area (Å²) >= 11 is 3.42. The predicted molar refractivity (Wildman–Crippen MR) is 117 cm³/mol. The normalized spacial score (nSPS) is 12.0. The molecule has 4 heteroatoms. The molecule has 0 aliphatic carbocycles. The Morgan fingerprint density at radius 2 is 1.67 bits per heavy atom. The molecule has 0 unspecified atom stereocenters. The molecular formula is C23H30BrNO2. The van der Waals surface area contributed by atoms with Crippen molar-refractivity contribution in [3.05, 3.63) is 58.1 Å². The van der Waals surface area contributed by atoms with Crippen molar-refractivity contribution in [2.45, 2.75) is 53.4 Å². The van der Waals surface area contributed by atoms with Crippen molar-refractivity contribution in [1.29, 1.82) is 0 Å². The highest BCUT2D eigenvalue weighted by atomic mass is 79.9. The standard InChI is InChI=1S/C23H30BrNO2/c1-16-13-18(24)9-12-20(16)25-21(26)14-27-19-10-7-17(8-11-19)23(5,6)15-22(2,3)4/h7-13H,14-15H2,1-6H3,(H,25,26). The molecule has 0 aromatic heterocycles. The first-order valence-corrected chi connectivity index (χ1v) is 10.0. The van der Waals surface area contributed by atoms with E-state index in [2.05, 4.69) is 68.0 Å². The highest BCUT2D eigenvalue weighted by molar-refractivity contribution is 9.10. The Balaban J connectivity index is 1.93. The van der Waals surface area contributed by atoms with E-state index in [0.717, 1.165) is 22.1 Å². The molecule has 1 amide bonds. The van der Waals surface area contributed by atoms with Crippen LogP contribution in [0.15, 0.2) is 46.9 Å². The molecule has 2 aromatic carbocycles. The van der Waals surface area contributed by atoms with Crippen LogP contribution in [0.25, 0.3) is 0 Å². The molecule has 2 aromatic rings. The van der Waals surface area contributed by atoms with Gasteiger partial charge >= 0.3 is 0 Å². The Labute approximate surface area is 171 Å².